The Morgan fingerprint density at radius 3 is 0.894 bits per heavy atom. The molecule has 8 fully saturated rings. The summed E-state index contributed by atoms with van der Waals surface area (Å²) in [7, 11) is 0. The lowest BCUT2D eigenvalue weighted by Crippen LogP contribution is -2.65. The summed E-state index contributed by atoms with van der Waals surface area (Å²) in [4.78, 5) is 96.8. The quantitative estimate of drug-likeness (QED) is 0.0407. The van der Waals surface area contributed by atoms with Gasteiger partial charge in [-0.1, -0.05) is 117 Å². The van der Waals surface area contributed by atoms with E-state index in [9.17, 15) is 9.59 Å². The van der Waals surface area contributed by atoms with E-state index >= 15 is 0 Å². The van der Waals surface area contributed by atoms with Crippen LogP contribution in [0.15, 0.2) is 9.98 Å². The van der Waals surface area contributed by atoms with Crippen LogP contribution in [0.2, 0.25) is 0 Å². The van der Waals surface area contributed by atoms with Crippen molar-refractivity contribution in [3.05, 3.63) is 0 Å². The van der Waals surface area contributed by atoms with Crippen LogP contribution in [0.3, 0.4) is 0 Å². The van der Waals surface area contributed by atoms with E-state index in [1.807, 2.05) is 0 Å². The number of unbranched alkanes of at least 4 members (excludes halogenated alkanes) is 3. The first-order valence-electron chi connectivity index (χ1n) is 41.9. The highest BCUT2D eigenvalue weighted by Crippen LogP contribution is 2.50. The van der Waals surface area contributed by atoms with Crippen molar-refractivity contribution in [3.8, 4) is 0 Å². The molecule has 0 radical (unpaired) electrons. The van der Waals surface area contributed by atoms with E-state index in [2.05, 4.69) is 175 Å². The normalized spacial score (nSPS) is 25.5. The van der Waals surface area contributed by atoms with Gasteiger partial charge < -0.3 is 20.4 Å². The van der Waals surface area contributed by atoms with Crippen LogP contribution in [-0.4, -0.2) is 168 Å². The van der Waals surface area contributed by atoms with Crippen molar-refractivity contribution in [2.45, 2.75) is 449 Å². The van der Waals surface area contributed by atoms with Crippen molar-refractivity contribution in [1.82, 2.24) is 50.2 Å². The molecule has 0 bridgehead atoms. The zero-order valence-electron chi connectivity index (χ0n) is 68.4. The van der Waals surface area contributed by atoms with E-state index < -0.39 is 0 Å². The summed E-state index contributed by atoms with van der Waals surface area (Å²) in [6.45, 7) is 43.3. The summed E-state index contributed by atoms with van der Waals surface area (Å²) >= 11 is 0. The van der Waals surface area contributed by atoms with Crippen molar-refractivity contribution in [1.29, 1.82) is 0 Å². The lowest BCUT2D eigenvalue weighted by atomic mass is 9.71. The SMILES string of the molecule is CCCC(Nc1nc(N=C=O)nc(N(CCCCCCN(c2nc(N=C=O)nc(NC(CCC)C3CC(C)(C)N(OC4CCCCC4)C(C)(C)C3)n2)C2CC(C)(C)N(OC3CCCCC3)C(C)(C)C2)C2CC(C)(C)N(OC3CCCCC3)C(C)(C)C2)n1)C1CC(C)(C)N(OC2CCCCC2)C(C)(C)C1. The summed E-state index contributed by atoms with van der Waals surface area (Å²) in [5.41, 5.74) is -2.20. The van der Waals surface area contributed by atoms with Crippen LogP contribution in [0.5, 0.6) is 0 Å². The lowest BCUT2D eigenvalue weighted by molar-refractivity contribution is -0.314. The molecule has 586 valence electrons. The standard InChI is InChI=1S/C82H142N16O6/c1-19-37-67(59-49-75(3,4)95(76(5,6)50-59)101-63-39-27-23-28-40-63)85-71-87-69(83-57-99)89-73(91-71)93(61-53-79(11,12)97(80(13,14)54-61)103-65-43-31-25-32-44-65)47-35-21-22-36-48-94(62-55-81(15,16)98(82(17,18)56-62)104-66-45-33-26-34-46-66)74-90-70(84-58-100)88-72(92-74)86-68(38-20-2)60-51-77(7,8)96(78(9,10)52-60)102-64-41-29-24-30-42-64/h59-68H,19-56H2,1-18H3,(H,85,87,89,91)(H,86,88,90,92). The van der Waals surface area contributed by atoms with Crippen LogP contribution < -0.4 is 20.4 Å². The second-order valence-corrected chi connectivity index (χ2v) is 38.4. The summed E-state index contributed by atoms with van der Waals surface area (Å²) in [6, 6.07) is 0.131. The number of nitrogens with one attached hydrogen (secondary N) is 2. The molecule has 6 heterocycles. The third-order valence-corrected chi connectivity index (χ3v) is 25.0. The number of rotatable bonds is 31. The number of anilines is 4. The average Bonchev–Trinajstić information content (AvgIpc) is 0.770. The summed E-state index contributed by atoms with van der Waals surface area (Å²) in [5.74, 6) is 2.62. The molecule has 2 aromatic rings. The average molecular weight is 1450 g/mol. The molecule has 4 saturated heterocycles. The third-order valence-electron chi connectivity index (χ3n) is 25.0. The first kappa shape index (κ1) is 82.2. The number of carbonyl (C=O) groups excluding carboxylic acids is 2. The van der Waals surface area contributed by atoms with Crippen molar-refractivity contribution in [2.75, 3.05) is 33.5 Å². The highest BCUT2D eigenvalue weighted by atomic mass is 16.7. The van der Waals surface area contributed by atoms with E-state index in [0.717, 1.165) is 154 Å². The van der Waals surface area contributed by atoms with Gasteiger partial charge >= 0.3 is 0 Å². The number of isocyanates is 2. The number of aromatic nitrogens is 6. The molecule has 0 amide bonds. The molecule has 2 aromatic heterocycles. The summed E-state index contributed by atoms with van der Waals surface area (Å²) in [6.07, 6.45) is 42.5. The molecule has 10 rings (SSSR count). The van der Waals surface area contributed by atoms with Gasteiger partial charge in [-0.2, -0.15) is 50.2 Å². The summed E-state index contributed by atoms with van der Waals surface area (Å²) in [5, 5.41) is 17.2. The maximum Gasteiger partial charge on any atom is 0.267 e. The predicted octanol–water partition coefficient (Wildman–Crippen LogP) is 18.7. The van der Waals surface area contributed by atoms with Gasteiger partial charge in [0, 0.05) is 81.6 Å². The second kappa shape index (κ2) is 35.1. The van der Waals surface area contributed by atoms with Gasteiger partial charge in [-0.25, -0.2) is 9.59 Å². The number of hydrogen-bond donors (Lipinski definition) is 2. The molecule has 4 aliphatic carbocycles. The van der Waals surface area contributed by atoms with Gasteiger partial charge in [-0.15, -0.1) is 9.98 Å². The molecule has 8 aliphatic rings. The number of piperidine rings is 4. The fourth-order valence-corrected chi connectivity index (χ4v) is 21.4. The van der Waals surface area contributed by atoms with Crippen LogP contribution in [-0.2, 0) is 28.9 Å². The van der Waals surface area contributed by atoms with Crippen LogP contribution in [0.4, 0.5) is 35.7 Å². The van der Waals surface area contributed by atoms with Crippen LogP contribution >= 0.6 is 0 Å². The van der Waals surface area contributed by atoms with Crippen LogP contribution in [0.1, 0.15) is 356 Å². The first-order chi connectivity index (χ1) is 49.2. The van der Waals surface area contributed by atoms with Crippen molar-refractivity contribution >= 4 is 47.8 Å². The maximum atomic E-state index is 12.4. The minimum atomic E-state index is -0.334. The third kappa shape index (κ3) is 21.0. The topological polar surface area (TPSA) is 217 Å². The van der Waals surface area contributed by atoms with Gasteiger partial charge in [0.15, 0.2) is 0 Å². The first-order valence-corrected chi connectivity index (χ1v) is 41.9. The van der Waals surface area contributed by atoms with Gasteiger partial charge in [0.05, 0.1) is 24.4 Å². The number of aliphatic imine (C=N–C) groups is 2. The Morgan fingerprint density at radius 1 is 0.385 bits per heavy atom. The molecule has 104 heavy (non-hydrogen) atoms. The Hall–Kier alpha value is -4.34. The van der Waals surface area contributed by atoms with Gasteiger partial charge in [-0.05, 0) is 251 Å². The van der Waals surface area contributed by atoms with Crippen LogP contribution in [0, 0.1) is 11.8 Å². The predicted molar refractivity (Wildman–Crippen MR) is 416 cm³/mol. The van der Waals surface area contributed by atoms with Gasteiger partial charge in [0.2, 0.25) is 36.0 Å². The highest BCUT2D eigenvalue weighted by Gasteiger charge is 2.54. The Kier molecular flexibility index (Phi) is 27.8. The Morgan fingerprint density at radius 2 is 0.644 bits per heavy atom. The zero-order valence-corrected chi connectivity index (χ0v) is 68.4. The van der Waals surface area contributed by atoms with E-state index in [1.165, 1.54) is 77.0 Å². The molecule has 0 spiro atoms. The molecule has 22 heteroatoms. The molecule has 22 nitrogen and oxygen atoms in total. The van der Waals surface area contributed by atoms with E-state index in [1.54, 1.807) is 12.2 Å². The Balaban J connectivity index is 0.923. The minimum absolute atomic E-state index is 0.0176. The maximum absolute atomic E-state index is 12.4. The lowest BCUT2D eigenvalue weighted by Gasteiger charge is -2.56. The van der Waals surface area contributed by atoms with Gasteiger partial charge in [-0.3, -0.25) is 19.4 Å². The van der Waals surface area contributed by atoms with E-state index in [0.29, 0.717) is 36.9 Å². The largest absolute Gasteiger partial charge is 0.351 e. The molecule has 4 saturated carbocycles. The Bertz CT molecular complexity index is 2860. The monoisotopic (exact) mass is 1450 g/mol. The highest BCUT2D eigenvalue weighted by molar-refractivity contribution is 5.49. The van der Waals surface area contributed by atoms with Crippen molar-refractivity contribution in [3.63, 3.8) is 0 Å². The molecule has 4 aliphatic heterocycles. The van der Waals surface area contributed by atoms with Crippen LogP contribution in [0.25, 0.3) is 0 Å². The molecular formula is C82H142N16O6. The molecule has 2 N–H and O–H groups in total. The smallest absolute Gasteiger partial charge is 0.267 e. The number of nitrogens with zero attached hydrogens (tertiary/aromatic N) is 14. The number of hydrogen-bond acceptors (Lipinski definition) is 22. The van der Waals surface area contributed by atoms with Crippen molar-refractivity contribution < 1.29 is 28.9 Å². The number of hydroxylamine groups is 8. The zero-order chi connectivity index (χ0) is 74.9. The molecular weight excluding hydrogens is 1310 g/mol. The minimum Gasteiger partial charge on any atom is -0.351 e. The summed E-state index contributed by atoms with van der Waals surface area (Å²) < 4.78 is 0. The Labute approximate surface area is 628 Å². The second-order valence-electron chi connectivity index (χ2n) is 38.4. The molecule has 0 aromatic carbocycles. The fourth-order valence-electron chi connectivity index (χ4n) is 21.4. The molecule has 2 atom stereocenters. The van der Waals surface area contributed by atoms with Gasteiger partial charge in [0.1, 0.15) is 0 Å². The van der Waals surface area contributed by atoms with Gasteiger partial charge in [0.25, 0.3) is 11.9 Å². The fraction of sp³-hybridized carbons (Fsp3) is 0.902. The van der Waals surface area contributed by atoms with Crippen molar-refractivity contribution in [2.24, 2.45) is 21.8 Å². The molecule has 2 unspecified atom stereocenters. The van der Waals surface area contributed by atoms with E-state index in [4.69, 9.17) is 49.3 Å². The van der Waals surface area contributed by atoms with E-state index in [-0.39, 0.29) is 117 Å².